The van der Waals surface area contributed by atoms with Gasteiger partial charge >= 0.3 is 11.9 Å². The summed E-state index contributed by atoms with van der Waals surface area (Å²) in [5.41, 5.74) is 6.53. The number of nitrogens with zero attached hydrogens (tertiary/aromatic N) is 2. The second-order valence-corrected chi connectivity index (χ2v) is 10.1. The van der Waals surface area contributed by atoms with E-state index in [1.165, 1.54) is 7.11 Å². The van der Waals surface area contributed by atoms with Crippen molar-refractivity contribution in [2.24, 2.45) is 5.10 Å². The van der Waals surface area contributed by atoms with E-state index in [9.17, 15) is 9.59 Å². The SMILES string of the molecule is COC(=O)c1cccc(Cn2cc(/C=N\NC(=O)c3cc4cc(Br)cc(I)c4o3)c3ccccc32)c1. The molecule has 0 aliphatic rings. The largest absolute Gasteiger partial charge is 0.465 e. The number of ether oxygens (including phenoxy) is 1. The van der Waals surface area contributed by atoms with Gasteiger partial charge in [-0.15, -0.1) is 0 Å². The van der Waals surface area contributed by atoms with Crippen LogP contribution in [0.4, 0.5) is 0 Å². The van der Waals surface area contributed by atoms with E-state index in [1.807, 2.05) is 60.8 Å². The van der Waals surface area contributed by atoms with Crippen molar-refractivity contribution in [1.29, 1.82) is 0 Å². The third-order valence-electron chi connectivity index (χ3n) is 5.65. The van der Waals surface area contributed by atoms with Gasteiger partial charge in [-0.2, -0.15) is 5.10 Å². The zero-order valence-electron chi connectivity index (χ0n) is 19.0. The molecule has 2 heterocycles. The van der Waals surface area contributed by atoms with Gasteiger partial charge in [-0.3, -0.25) is 4.79 Å². The van der Waals surface area contributed by atoms with E-state index in [2.05, 4.69) is 53.6 Å². The molecular weight excluding hydrogens is 637 g/mol. The number of nitrogens with one attached hydrogen (secondary N) is 1. The number of methoxy groups -OCH3 is 1. The summed E-state index contributed by atoms with van der Waals surface area (Å²) in [5, 5.41) is 6.00. The van der Waals surface area contributed by atoms with Crippen molar-refractivity contribution in [2.45, 2.75) is 6.54 Å². The van der Waals surface area contributed by atoms with Crippen molar-refractivity contribution in [2.75, 3.05) is 7.11 Å². The lowest BCUT2D eigenvalue weighted by molar-refractivity contribution is 0.0600. The lowest BCUT2D eigenvalue weighted by atomic mass is 10.1. The molecule has 0 fully saturated rings. The van der Waals surface area contributed by atoms with Gasteiger partial charge < -0.3 is 13.7 Å². The van der Waals surface area contributed by atoms with Gasteiger partial charge in [-0.25, -0.2) is 10.2 Å². The number of carbonyl (C=O) groups is 2. The Balaban J connectivity index is 1.37. The van der Waals surface area contributed by atoms with Gasteiger partial charge in [0.2, 0.25) is 0 Å². The predicted octanol–water partition coefficient (Wildman–Crippen LogP) is 6.35. The second kappa shape index (κ2) is 10.3. The van der Waals surface area contributed by atoms with Crippen LogP contribution in [0.3, 0.4) is 0 Å². The minimum Gasteiger partial charge on any atom is -0.465 e. The number of rotatable bonds is 6. The molecule has 0 aliphatic heterocycles. The molecule has 0 atom stereocenters. The molecule has 0 spiro atoms. The molecule has 0 aliphatic carbocycles. The molecule has 0 saturated heterocycles. The van der Waals surface area contributed by atoms with Crippen molar-refractivity contribution in [3.8, 4) is 0 Å². The summed E-state index contributed by atoms with van der Waals surface area (Å²) in [7, 11) is 1.37. The van der Waals surface area contributed by atoms with Crippen LogP contribution in [0.2, 0.25) is 0 Å². The average Bonchev–Trinajstić information content (AvgIpc) is 3.46. The van der Waals surface area contributed by atoms with Crippen LogP contribution in [0.5, 0.6) is 0 Å². The number of hydrogen-bond acceptors (Lipinski definition) is 5. The maximum atomic E-state index is 12.6. The summed E-state index contributed by atoms with van der Waals surface area (Å²) < 4.78 is 14.5. The van der Waals surface area contributed by atoms with Gasteiger partial charge in [0, 0.05) is 39.1 Å². The number of fused-ring (bicyclic) bond motifs is 2. The van der Waals surface area contributed by atoms with Gasteiger partial charge in [0.25, 0.3) is 0 Å². The molecule has 0 bridgehead atoms. The third kappa shape index (κ3) is 4.93. The molecule has 1 amide bonds. The Morgan fingerprint density at radius 3 is 2.81 bits per heavy atom. The highest BCUT2D eigenvalue weighted by atomic mass is 127. The molecule has 180 valence electrons. The molecule has 7 nitrogen and oxygen atoms in total. The van der Waals surface area contributed by atoms with Crippen molar-refractivity contribution in [3.63, 3.8) is 0 Å². The number of amides is 1. The smallest absolute Gasteiger partial charge is 0.337 e. The standard InChI is InChI=1S/C27H19BrIN3O4/c1-35-27(34)17-6-4-5-16(9-17)14-32-15-19(21-7-2-3-8-23(21)32)13-30-31-26(33)24-11-18-10-20(28)12-22(29)25(18)36-24/h2-13,15H,14H2,1H3,(H,31,33)/b30-13-. The van der Waals surface area contributed by atoms with Crippen molar-refractivity contribution in [1.82, 2.24) is 9.99 Å². The highest BCUT2D eigenvalue weighted by molar-refractivity contribution is 14.1. The zero-order valence-corrected chi connectivity index (χ0v) is 22.7. The van der Waals surface area contributed by atoms with E-state index in [-0.39, 0.29) is 11.7 Å². The van der Waals surface area contributed by atoms with Crippen LogP contribution >= 0.6 is 38.5 Å². The van der Waals surface area contributed by atoms with Gasteiger partial charge in [0.1, 0.15) is 5.58 Å². The molecule has 0 unspecified atom stereocenters. The normalized spacial score (nSPS) is 11.4. The number of carbonyl (C=O) groups excluding carboxylic acids is 2. The maximum Gasteiger partial charge on any atom is 0.337 e. The first-order valence-electron chi connectivity index (χ1n) is 10.9. The van der Waals surface area contributed by atoms with Gasteiger partial charge in [-0.05, 0) is 64.6 Å². The minimum absolute atomic E-state index is 0.186. The molecule has 2 aromatic heterocycles. The molecule has 1 N–H and O–H groups in total. The molecule has 5 aromatic rings. The van der Waals surface area contributed by atoms with Gasteiger partial charge in [0.15, 0.2) is 5.76 Å². The number of halogens is 2. The quantitative estimate of drug-likeness (QED) is 0.1000. The van der Waals surface area contributed by atoms with E-state index >= 15 is 0 Å². The Kier molecular flexibility index (Phi) is 6.92. The van der Waals surface area contributed by atoms with Gasteiger partial charge in [0.05, 0.1) is 22.5 Å². The summed E-state index contributed by atoms with van der Waals surface area (Å²) in [5.74, 6) is -0.617. The number of benzene rings is 3. The summed E-state index contributed by atoms with van der Waals surface area (Å²) in [6.07, 6.45) is 3.58. The van der Waals surface area contributed by atoms with Crippen LogP contribution in [0.15, 0.2) is 86.9 Å². The molecule has 5 rings (SSSR count). The average molecular weight is 656 g/mol. The topological polar surface area (TPSA) is 85.8 Å². The van der Waals surface area contributed by atoms with Crippen LogP contribution in [-0.2, 0) is 11.3 Å². The molecule has 0 saturated carbocycles. The Hall–Kier alpha value is -3.44. The highest BCUT2D eigenvalue weighted by Gasteiger charge is 2.15. The fourth-order valence-electron chi connectivity index (χ4n) is 4.02. The van der Waals surface area contributed by atoms with Crippen molar-refractivity contribution in [3.05, 3.63) is 103 Å². The van der Waals surface area contributed by atoms with Crippen LogP contribution in [0.25, 0.3) is 21.9 Å². The number of furan rings is 1. The Labute approximate surface area is 228 Å². The van der Waals surface area contributed by atoms with Crippen molar-refractivity contribution >= 4 is 78.5 Å². The summed E-state index contributed by atoms with van der Waals surface area (Å²) in [4.78, 5) is 24.5. The first-order valence-corrected chi connectivity index (χ1v) is 12.8. The summed E-state index contributed by atoms with van der Waals surface area (Å²) in [6, 6.07) is 20.8. The number of aromatic nitrogens is 1. The fourth-order valence-corrected chi connectivity index (χ4v) is 5.68. The summed E-state index contributed by atoms with van der Waals surface area (Å²) >= 11 is 5.63. The van der Waals surface area contributed by atoms with E-state index in [4.69, 9.17) is 9.15 Å². The maximum absolute atomic E-state index is 12.6. The first-order chi connectivity index (χ1) is 17.4. The first kappa shape index (κ1) is 24.3. The number of hydrogen-bond donors (Lipinski definition) is 1. The molecule has 36 heavy (non-hydrogen) atoms. The number of para-hydroxylation sites is 1. The highest BCUT2D eigenvalue weighted by Crippen LogP contribution is 2.28. The minimum atomic E-state index is -0.433. The van der Waals surface area contributed by atoms with Crippen LogP contribution < -0.4 is 5.43 Å². The van der Waals surface area contributed by atoms with Crippen LogP contribution in [0, 0.1) is 3.57 Å². The number of esters is 1. The van der Waals surface area contributed by atoms with Gasteiger partial charge in [-0.1, -0.05) is 46.3 Å². The van der Waals surface area contributed by atoms with E-state index in [1.54, 1.807) is 18.3 Å². The zero-order chi connectivity index (χ0) is 25.2. The van der Waals surface area contributed by atoms with E-state index < -0.39 is 5.91 Å². The molecule has 3 aromatic carbocycles. The molecule has 0 radical (unpaired) electrons. The second-order valence-electron chi connectivity index (χ2n) is 8.04. The summed E-state index contributed by atoms with van der Waals surface area (Å²) in [6.45, 7) is 0.554. The number of hydrazone groups is 1. The van der Waals surface area contributed by atoms with Crippen LogP contribution in [0.1, 0.15) is 32.0 Å². The Morgan fingerprint density at radius 2 is 1.97 bits per heavy atom. The Bertz CT molecular complexity index is 1650. The lowest BCUT2D eigenvalue weighted by Gasteiger charge is -2.07. The fraction of sp³-hybridized carbons (Fsp3) is 0.0741. The van der Waals surface area contributed by atoms with Crippen LogP contribution in [-0.4, -0.2) is 29.8 Å². The predicted molar refractivity (Wildman–Crippen MR) is 151 cm³/mol. The molecular formula is C27H19BrIN3O4. The lowest BCUT2D eigenvalue weighted by Crippen LogP contribution is -2.16. The van der Waals surface area contributed by atoms with E-state index in [0.717, 1.165) is 35.5 Å². The van der Waals surface area contributed by atoms with E-state index in [0.29, 0.717) is 17.7 Å². The van der Waals surface area contributed by atoms with Crippen molar-refractivity contribution < 1.29 is 18.7 Å². The Morgan fingerprint density at radius 1 is 1.14 bits per heavy atom. The third-order valence-corrected chi connectivity index (χ3v) is 6.91. The monoisotopic (exact) mass is 655 g/mol. The molecule has 9 heteroatoms.